The van der Waals surface area contributed by atoms with Crippen molar-refractivity contribution >= 4 is 26.7 Å². The van der Waals surface area contributed by atoms with Crippen LogP contribution in [0.15, 0.2) is 95.5 Å². The number of rotatable bonds is 2. The predicted octanol–water partition coefficient (Wildman–Crippen LogP) is 6.94. The molecule has 110 valence electrons. The molecule has 0 bridgehead atoms. The van der Waals surface area contributed by atoms with E-state index in [2.05, 4.69) is 107 Å². The molecule has 0 aliphatic heterocycles. The average molecular weight is 359 g/mol. The molecule has 0 unspecified atom stereocenters. The SMILES string of the molecule is Brc1cccc(-c2cccc(-c3cccc4ccccc34)c2)c1. The highest BCUT2D eigenvalue weighted by Gasteiger charge is 2.05. The van der Waals surface area contributed by atoms with Crippen molar-refractivity contribution in [2.75, 3.05) is 0 Å². The van der Waals surface area contributed by atoms with E-state index < -0.39 is 0 Å². The highest BCUT2D eigenvalue weighted by Crippen LogP contribution is 2.32. The lowest BCUT2D eigenvalue weighted by Crippen LogP contribution is -1.83. The van der Waals surface area contributed by atoms with Crippen molar-refractivity contribution in [1.82, 2.24) is 0 Å². The molecule has 4 aromatic carbocycles. The average Bonchev–Trinajstić information content (AvgIpc) is 2.61. The molecule has 0 spiro atoms. The van der Waals surface area contributed by atoms with Gasteiger partial charge < -0.3 is 0 Å². The quantitative estimate of drug-likeness (QED) is 0.364. The Kier molecular flexibility index (Phi) is 3.72. The summed E-state index contributed by atoms with van der Waals surface area (Å²) in [5.41, 5.74) is 4.98. The third-order valence-corrected chi connectivity index (χ3v) is 4.61. The second-order valence-electron chi connectivity index (χ2n) is 5.62. The van der Waals surface area contributed by atoms with Crippen LogP contribution in [0.1, 0.15) is 0 Å². The van der Waals surface area contributed by atoms with E-state index in [-0.39, 0.29) is 0 Å². The van der Waals surface area contributed by atoms with E-state index in [1.165, 1.54) is 33.0 Å². The van der Waals surface area contributed by atoms with Crippen molar-refractivity contribution in [1.29, 1.82) is 0 Å². The molecule has 4 rings (SSSR count). The number of benzene rings is 4. The van der Waals surface area contributed by atoms with E-state index in [9.17, 15) is 0 Å². The fourth-order valence-electron chi connectivity index (χ4n) is 3.01. The lowest BCUT2D eigenvalue weighted by molar-refractivity contribution is 1.58. The summed E-state index contributed by atoms with van der Waals surface area (Å²) in [7, 11) is 0. The van der Waals surface area contributed by atoms with Gasteiger partial charge in [0, 0.05) is 4.47 Å². The Hall–Kier alpha value is -2.38. The molecule has 0 aliphatic carbocycles. The minimum Gasteiger partial charge on any atom is -0.0616 e. The first-order valence-electron chi connectivity index (χ1n) is 7.65. The van der Waals surface area contributed by atoms with Crippen molar-refractivity contribution < 1.29 is 0 Å². The van der Waals surface area contributed by atoms with Crippen LogP contribution in [0.2, 0.25) is 0 Å². The van der Waals surface area contributed by atoms with Gasteiger partial charge in [-0.3, -0.25) is 0 Å². The zero-order valence-corrected chi connectivity index (χ0v) is 14.1. The smallest absolute Gasteiger partial charge is 0.0181 e. The second-order valence-corrected chi connectivity index (χ2v) is 6.53. The summed E-state index contributed by atoms with van der Waals surface area (Å²) < 4.78 is 1.10. The molecule has 0 nitrogen and oxygen atoms in total. The third-order valence-electron chi connectivity index (χ3n) is 4.12. The number of fused-ring (bicyclic) bond motifs is 1. The van der Waals surface area contributed by atoms with Crippen molar-refractivity contribution in [3.05, 3.63) is 95.5 Å². The van der Waals surface area contributed by atoms with E-state index in [0.717, 1.165) is 4.47 Å². The Morgan fingerprint density at radius 1 is 0.522 bits per heavy atom. The van der Waals surface area contributed by atoms with E-state index in [1.54, 1.807) is 0 Å². The van der Waals surface area contributed by atoms with E-state index in [1.807, 2.05) is 0 Å². The van der Waals surface area contributed by atoms with Gasteiger partial charge in [-0.2, -0.15) is 0 Å². The van der Waals surface area contributed by atoms with Crippen molar-refractivity contribution in [3.8, 4) is 22.3 Å². The minimum absolute atomic E-state index is 1.10. The first-order chi connectivity index (χ1) is 11.3. The van der Waals surface area contributed by atoms with Crippen LogP contribution >= 0.6 is 15.9 Å². The molecule has 0 aliphatic rings. The highest BCUT2D eigenvalue weighted by atomic mass is 79.9. The molecule has 1 heteroatoms. The first kappa shape index (κ1) is 14.2. The maximum absolute atomic E-state index is 3.56. The molecule has 0 N–H and O–H groups in total. The van der Waals surface area contributed by atoms with E-state index >= 15 is 0 Å². The molecular formula is C22H15Br. The molecule has 0 saturated heterocycles. The summed E-state index contributed by atoms with van der Waals surface area (Å²) in [5.74, 6) is 0. The van der Waals surface area contributed by atoms with Crippen LogP contribution in [0.25, 0.3) is 33.0 Å². The minimum atomic E-state index is 1.10. The Labute approximate surface area is 144 Å². The van der Waals surface area contributed by atoms with Gasteiger partial charge in [-0.05, 0) is 51.2 Å². The summed E-state index contributed by atoms with van der Waals surface area (Å²) in [4.78, 5) is 0. The fourth-order valence-corrected chi connectivity index (χ4v) is 3.41. The van der Waals surface area contributed by atoms with Crippen LogP contribution in [0.3, 0.4) is 0 Å². The summed E-state index contributed by atoms with van der Waals surface area (Å²) in [5, 5.41) is 2.57. The van der Waals surface area contributed by atoms with Crippen LogP contribution in [-0.2, 0) is 0 Å². The van der Waals surface area contributed by atoms with Crippen molar-refractivity contribution in [3.63, 3.8) is 0 Å². The lowest BCUT2D eigenvalue weighted by Gasteiger charge is -2.09. The molecule has 0 amide bonds. The summed E-state index contributed by atoms with van der Waals surface area (Å²) >= 11 is 3.56. The van der Waals surface area contributed by atoms with E-state index in [0.29, 0.717) is 0 Å². The molecular weight excluding hydrogens is 344 g/mol. The molecule has 0 saturated carbocycles. The predicted molar refractivity (Wildman–Crippen MR) is 103 cm³/mol. The number of halogens is 1. The normalized spacial score (nSPS) is 10.8. The van der Waals surface area contributed by atoms with Crippen molar-refractivity contribution in [2.45, 2.75) is 0 Å². The van der Waals surface area contributed by atoms with Gasteiger partial charge in [-0.25, -0.2) is 0 Å². The zero-order valence-electron chi connectivity index (χ0n) is 12.5. The molecule has 23 heavy (non-hydrogen) atoms. The number of hydrogen-bond donors (Lipinski definition) is 0. The van der Waals surface area contributed by atoms with Gasteiger partial charge in [0.1, 0.15) is 0 Å². The third kappa shape index (κ3) is 2.80. The standard InChI is InChI=1S/C22H15Br/c23-20-11-4-9-18(15-20)17-8-3-10-19(14-17)22-13-5-7-16-6-1-2-12-21(16)22/h1-15H. The monoisotopic (exact) mass is 358 g/mol. The molecule has 0 fully saturated rings. The van der Waals surface area contributed by atoms with Crippen LogP contribution in [0, 0.1) is 0 Å². The van der Waals surface area contributed by atoms with Crippen LogP contribution in [0.5, 0.6) is 0 Å². The van der Waals surface area contributed by atoms with Crippen LogP contribution in [-0.4, -0.2) is 0 Å². The van der Waals surface area contributed by atoms with Gasteiger partial charge in [0.05, 0.1) is 0 Å². The van der Waals surface area contributed by atoms with Gasteiger partial charge in [0.2, 0.25) is 0 Å². The highest BCUT2D eigenvalue weighted by molar-refractivity contribution is 9.10. The Balaban J connectivity index is 1.88. The zero-order chi connectivity index (χ0) is 15.6. The van der Waals surface area contributed by atoms with Gasteiger partial charge in [-0.1, -0.05) is 88.7 Å². The van der Waals surface area contributed by atoms with Gasteiger partial charge in [-0.15, -0.1) is 0 Å². The summed E-state index contributed by atoms with van der Waals surface area (Å²) in [6.45, 7) is 0. The lowest BCUT2D eigenvalue weighted by atomic mass is 9.95. The first-order valence-corrected chi connectivity index (χ1v) is 8.45. The number of hydrogen-bond acceptors (Lipinski definition) is 0. The van der Waals surface area contributed by atoms with Crippen LogP contribution < -0.4 is 0 Å². The van der Waals surface area contributed by atoms with Gasteiger partial charge in [0.15, 0.2) is 0 Å². The largest absolute Gasteiger partial charge is 0.0616 e. The van der Waals surface area contributed by atoms with Crippen molar-refractivity contribution in [2.24, 2.45) is 0 Å². The van der Waals surface area contributed by atoms with Crippen LogP contribution in [0.4, 0.5) is 0 Å². The second kappa shape index (κ2) is 6.02. The Bertz CT molecular complexity index is 980. The molecule has 4 aromatic rings. The Morgan fingerprint density at radius 2 is 1.17 bits per heavy atom. The molecule has 0 heterocycles. The summed E-state index contributed by atoms with van der Waals surface area (Å²) in [6.07, 6.45) is 0. The summed E-state index contributed by atoms with van der Waals surface area (Å²) in [6, 6.07) is 32.2. The topological polar surface area (TPSA) is 0 Å². The fraction of sp³-hybridized carbons (Fsp3) is 0. The van der Waals surface area contributed by atoms with Gasteiger partial charge >= 0.3 is 0 Å². The molecule has 0 radical (unpaired) electrons. The maximum Gasteiger partial charge on any atom is 0.0181 e. The van der Waals surface area contributed by atoms with E-state index in [4.69, 9.17) is 0 Å². The molecule has 0 atom stereocenters. The van der Waals surface area contributed by atoms with Gasteiger partial charge in [0.25, 0.3) is 0 Å². The Morgan fingerprint density at radius 3 is 2.04 bits per heavy atom. The molecule has 0 aromatic heterocycles. The maximum atomic E-state index is 3.56.